The fourth-order valence-electron chi connectivity index (χ4n) is 3.65. The van der Waals surface area contributed by atoms with Gasteiger partial charge in [-0.3, -0.25) is 0 Å². The Morgan fingerprint density at radius 2 is 1.35 bits per heavy atom. The van der Waals surface area contributed by atoms with Gasteiger partial charge in [-0.15, -0.1) is 11.3 Å². The van der Waals surface area contributed by atoms with Gasteiger partial charge in [0.25, 0.3) is 0 Å². The lowest BCUT2D eigenvalue weighted by atomic mass is 9.96. The Balaban J connectivity index is 1.98. The number of rotatable bonds is 0. The predicted molar refractivity (Wildman–Crippen MR) is 104 cm³/mol. The third kappa shape index (κ3) is 1.90. The van der Waals surface area contributed by atoms with Gasteiger partial charge in [0, 0.05) is 15.0 Å². The van der Waals surface area contributed by atoms with E-state index in [0.29, 0.717) is 0 Å². The molecule has 0 unspecified atom stereocenters. The van der Waals surface area contributed by atoms with Crippen molar-refractivity contribution in [1.82, 2.24) is 0 Å². The van der Waals surface area contributed by atoms with Crippen molar-refractivity contribution in [3.05, 3.63) is 71.1 Å². The van der Waals surface area contributed by atoms with E-state index in [1.165, 1.54) is 52.8 Å². The van der Waals surface area contributed by atoms with Crippen molar-refractivity contribution in [1.29, 1.82) is 0 Å². The second kappa shape index (κ2) is 4.56. The van der Waals surface area contributed by atoms with Crippen molar-refractivity contribution >= 4 is 53.7 Å². The van der Waals surface area contributed by atoms with Crippen molar-refractivity contribution in [2.24, 2.45) is 0 Å². The first-order valence-corrected chi connectivity index (χ1v) is 8.77. The van der Waals surface area contributed by atoms with Crippen LogP contribution in [0.4, 0.5) is 0 Å². The van der Waals surface area contributed by atoms with Crippen LogP contribution in [0, 0.1) is 13.8 Å². The first-order valence-electron chi connectivity index (χ1n) is 7.95. The summed E-state index contributed by atoms with van der Waals surface area (Å²) in [6, 6.07) is 22.8. The molecule has 0 N–H and O–H groups in total. The molecule has 0 nitrogen and oxygen atoms in total. The van der Waals surface area contributed by atoms with E-state index in [-0.39, 0.29) is 0 Å². The Bertz CT molecular complexity index is 1220. The Morgan fingerprint density at radius 1 is 0.565 bits per heavy atom. The molecule has 0 amide bonds. The average Bonchev–Trinajstić information content (AvgIpc) is 2.93. The maximum Gasteiger partial charge on any atom is 0.0352 e. The van der Waals surface area contributed by atoms with Gasteiger partial charge in [-0.25, -0.2) is 0 Å². The van der Waals surface area contributed by atoms with Crippen LogP contribution in [0.25, 0.3) is 42.4 Å². The molecule has 0 saturated carbocycles. The van der Waals surface area contributed by atoms with Crippen LogP contribution in [-0.4, -0.2) is 0 Å². The maximum absolute atomic E-state index is 2.34. The van der Waals surface area contributed by atoms with Crippen molar-refractivity contribution in [2.75, 3.05) is 0 Å². The zero-order chi connectivity index (χ0) is 15.6. The molecule has 0 aliphatic carbocycles. The third-order valence-electron chi connectivity index (χ3n) is 4.75. The summed E-state index contributed by atoms with van der Waals surface area (Å²) in [5, 5.41) is 9.42. The number of fused-ring (bicyclic) bond motifs is 6. The summed E-state index contributed by atoms with van der Waals surface area (Å²) in [7, 11) is 0. The first kappa shape index (κ1) is 13.1. The molecular formula is C22H16S. The van der Waals surface area contributed by atoms with Crippen molar-refractivity contribution in [3.8, 4) is 0 Å². The highest BCUT2D eigenvalue weighted by Crippen LogP contribution is 2.36. The van der Waals surface area contributed by atoms with E-state index in [2.05, 4.69) is 74.5 Å². The molecule has 0 aliphatic rings. The number of aryl methyl sites for hydroxylation is 2. The molecule has 0 fully saturated rings. The first-order chi connectivity index (χ1) is 11.2. The van der Waals surface area contributed by atoms with Crippen LogP contribution >= 0.6 is 11.3 Å². The molecule has 1 heterocycles. The van der Waals surface area contributed by atoms with E-state index in [1.807, 2.05) is 11.3 Å². The Morgan fingerprint density at radius 3 is 2.26 bits per heavy atom. The summed E-state index contributed by atoms with van der Waals surface area (Å²) in [5.41, 5.74) is 1.31. The largest absolute Gasteiger partial charge is 0.141 e. The van der Waals surface area contributed by atoms with E-state index in [0.717, 1.165) is 0 Å². The van der Waals surface area contributed by atoms with Gasteiger partial charge in [0.15, 0.2) is 0 Å². The van der Waals surface area contributed by atoms with E-state index in [9.17, 15) is 0 Å². The predicted octanol–water partition coefficient (Wildman–Crippen LogP) is 6.98. The summed E-state index contributed by atoms with van der Waals surface area (Å²) in [6.07, 6.45) is 0. The van der Waals surface area contributed by atoms with Crippen LogP contribution in [0.1, 0.15) is 10.4 Å². The standard InChI is InChI=1S/C22H16S/c1-13-3-4-15-12-20-16(11-17(15)9-13)5-6-19-18(20)7-8-22-21(19)10-14(2)23-22/h3-12H,1-2H3. The second-order valence-electron chi connectivity index (χ2n) is 6.42. The highest BCUT2D eigenvalue weighted by molar-refractivity contribution is 7.19. The Kier molecular flexibility index (Phi) is 2.60. The zero-order valence-electron chi connectivity index (χ0n) is 13.2. The SMILES string of the molecule is Cc1ccc2cc3c(ccc4c5cc(C)sc5ccc34)cc2c1. The number of benzene rings is 4. The fourth-order valence-corrected chi connectivity index (χ4v) is 4.59. The highest BCUT2D eigenvalue weighted by atomic mass is 32.1. The molecule has 5 rings (SSSR count). The summed E-state index contributed by atoms with van der Waals surface area (Å²) >= 11 is 1.88. The van der Waals surface area contributed by atoms with E-state index in [4.69, 9.17) is 0 Å². The quantitative estimate of drug-likeness (QED) is 0.214. The topological polar surface area (TPSA) is 0 Å². The van der Waals surface area contributed by atoms with Gasteiger partial charge in [-0.05, 0) is 70.4 Å². The van der Waals surface area contributed by atoms with Crippen molar-refractivity contribution in [3.63, 3.8) is 0 Å². The molecule has 4 aromatic carbocycles. The van der Waals surface area contributed by atoms with Gasteiger partial charge in [-0.2, -0.15) is 0 Å². The van der Waals surface area contributed by atoms with Crippen LogP contribution in [-0.2, 0) is 0 Å². The summed E-state index contributed by atoms with van der Waals surface area (Å²) in [5.74, 6) is 0. The molecule has 0 aliphatic heterocycles. The average molecular weight is 312 g/mol. The molecule has 1 aromatic heterocycles. The minimum Gasteiger partial charge on any atom is -0.141 e. The molecule has 23 heavy (non-hydrogen) atoms. The van der Waals surface area contributed by atoms with Gasteiger partial charge in [0.1, 0.15) is 0 Å². The lowest BCUT2D eigenvalue weighted by Crippen LogP contribution is -1.81. The Hall–Kier alpha value is -2.38. The van der Waals surface area contributed by atoms with Crippen molar-refractivity contribution < 1.29 is 0 Å². The van der Waals surface area contributed by atoms with E-state index >= 15 is 0 Å². The normalized spacial score (nSPS) is 11.9. The molecule has 110 valence electrons. The van der Waals surface area contributed by atoms with E-state index < -0.39 is 0 Å². The lowest BCUT2D eigenvalue weighted by Gasteiger charge is -2.08. The molecule has 1 heteroatoms. The maximum atomic E-state index is 2.34. The smallest absolute Gasteiger partial charge is 0.0352 e. The molecule has 0 atom stereocenters. The molecule has 0 bridgehead atoms. The molecule has 5 aromatic rings. The highest BCUT2D eigenvalue weighted by Gasteiger charge is 2.08. The molecule has 0 spiro atoms. The lowest BCUT2D eigenvalue weighted by molar-refractivity contribution is 1.51. The van der Waals surface area contributed by atoms with Crippen LogP contribution in [0.15, 0.2) is 60.7 Å². The number of hydrogen-bond donors (Lipinski definition) is 0. The minimum atomic E-state index is 1.31. The van der Waals surface area contributed by atoms with Gasteiger partial charge in [0.05, 0.1) is 0 Å². The minimum absolute atomic E-state index is 1.31. The summed E-state index contributed by atoms with van der Waals surface area (Å²) in [6.45, 7) is 4.34. The van der Waals surface area contributed by atoms with Gasteiger partial charge in [0.2, 0.25) is 0 Å². The van der Waals surface area contributed by atoms with Crippen LogP contribution < -0.4 is 0 Å². The van der Waals surface area contributed by atoms with Crippen LogP contribution in [0.2, 0.25) is 0 Å². The van der Waals surface area contributed by atoms with Gasteiger partial charge in [-0.1, -0.05) is 42.0 Å². The fraction of sp³-hybridized carbons (Fsp3) is 0.0909. The summed E-state index contributed by atoms with van der Waals surface area (Å²) < 4.78 is 1.38. The van der Waals surface area contributed by atoms with Crippen LogP contribution in [0.3, 0.4) is 0 Å². The Labute approximate surface area is 139 Å². The molecule has 0 radical (unpaired) electrons. The number of hydrogen-bond acceptors (Lipinski definition) is 1. The monoisotopic (exact) mass is 312 g/mol. The zero-order valence-corrected chi connectivity index (χ0v) is 14.0. The van der Waals surface area contributed by atoms with Gasteiger partial charge >= 0.3 is 0 Å². The van der Waals surface area contributed by atoms with Crippen LogP contribution in [0.5, 0.6) is 0 Å². The van der Waals surface area contributed by atoms with Crippen molar-refractivity contribution in [2.45, 2.75) is 13.8 Å². The van der Waals surface area contributed by atoms with E-state index in [1.54, 1.807) is 0 Å². The third-order valence-corrected chi connectivity index (χ3v) is 5.77. The molecular weight excluding hydrogens is 296 g/mol. The van der Waals surface area contributed by atoms with Gasteiger partial charge < -0.3 is 0 Å². The second-order valence-corrected chi connectivity index (χ2v) is 7.71. The number of thiophene rings is 1. The molecule has 0 saturated heterocycles. The summed E-state index contributed by atoms with van der Waals surface area (Å²) in [4.78, 5) is 1.38.